The number of hydrogen-bond donors (Lipinski definition) is 0. The molecule has 2 heterocycles. The number of thiazole rings is 1. The van der Waals surface area contributed by atoms with Crippen LogP contribution in [0, 0.1) is 29.4 Å². The second-order valence-electron chi connectivity index (χ2n) is 9.30. The maximum absolute atomic E-state index is 14.1. The van der Waals surface area contributed by atoms with E-state index in [1.165, 1.54) is 10.6 Å². The van der Waals surface area contributed by atoms with Gasteiger partial charge in [0.15, 0.2) is 4.80 Å². The Balaban J connectivity index is 1.79. The number of hydrogen-bond acceptors (Lipinski definition) is 8. The van der Waals surface area contributed by atoms with Gasteiger partial charge in [-0.15, -0.1) is 6.42 Å². The molecule has 0 aliphatic carbocycles. The Morgan fingerprint density at radius 1 is 1.22 bits per heavy atom. The summed E-state index contributed by atoms with van der Waals surface area (Å²) in [5.41, 5.74) is 1.52. The lowest BCUT2D eigenvalue weighted by atomic mass is 9.94. The molecule has 1 aliphatic heterocycles. The number of aromatic nitrogens is 1. The molecule has 3 aromatic carbocycles. The first kappa shape index (κ1) is 27.6. The molecule has 9 nitrogen and oxygen atoms in total. The Morgan fingerprint density at radius 3 is 2.73 bits per heavy atom. The molecule has 1 atom stereocenters. The van der Waals surface area contributed by atoms with E-state index in [-0.39, 0.29) is 24.5 Å². The third-order valence-electron chi connectivity index (χ3n) is 6.78. The number of nitro groups is 1. The molecule has 0 N–H and O–H groups in total. The smallest absolute Gasteiger partial charge is 0.338 e. The van der Waals surface area contributed by atoms with Gasteiger partial charge in [0.1, 0.15) is 12.4 Å². The lowest BCUT2D eigenvalue weighted by molar-refractivity contribution is -0.385. The first-order valence-electron chi connectivity index (χ1n) is 12.8. The Bertz CT molecular complexity index is 1980. The highest BCUT2D eigenvalue weighted by atomic mass is 32.1. The molecule has 206 valence electrons. The van der Waals surface area contributed by atoms with Crippen molar-refractivity contribution < 1.29 is 19.2 Å². The highest BCUT2D eigenvalue weighted by Crippen LogP contribution is 2.34. The van der Waals surface area contributed by atoms with E-state index < -0.39 is 22.5 Å². The monoisotopic (exact) mass is 567 g/mol. The molecule has 1 aliphatic rings. The summed E-state index contributed by atoms with van der Waals surface area (Å²) in [5, 5.41) is 13.6. The minimum Gasteiger partial charge on any atom is -0.480 e. The van der Waals surface area contributed by atoms with E-state index >= 15 is 0 Å². The topological polar surface area (TPSA) is 113 Å². The Labute approximate surface area is 238 Å². The first-order chi connectivity index (χ1) is 19.7. The van der Waals surface area contributed by atoms with Crippen LogP contribution in [0.2, 0.25) is 0 Å². The summed E-state index contributed by atoms with van der Waals surface area (Å²) in [4.78, 5) is 43.5. The fraction of sp³-hybridized carbons (Fsp3) is 0.194. The van der Waals surface area contributed by atoms with Gasteiger partial charge in [0.2, 0.25) is 0 Å². The number of carbonyl (C=O) groups is 1. The number of fused-ring (bicyclic) bond motifs is 2. The van der Waals surface area contributed by atoms with Crippen molar-refractivity contribution in [1.29, 1.82) is 0 Å². The van der Waals surface area contributed by atoms with Crippen LogP contribution in [0.4, 0.5) is 5.69 Å². The summed E-state index contributed by atoms with van der Waals surface area (Å²) in [6.45, 7) is 5.13. The average Bonchev–Trinajstić information content (AvgIpc) is 3.26. The molecule has 0 saturated carbocycles. The lowest BCUT2D eigenvalue weighted by Crippen LogP contribution is -2.40. The van der Waals surface area contributed by atoms with Gasteiger partial charge < -0.3 is 9.47 Å². The zero-order valence-electron chi connectivity index (χ0n) is 22.5. The summed E-state index contributed by atoms with van der Waals surface area (Å²) in [5.74, 6) is 2.34. The van der Waals surface area contributed by atoms with Gasteiger partial charge >= 0.3 is 5.97 Å². The molecule has 0 spiro atoms. The molecule has 0 radical (unpaired) electrons. The lowest BCUT2D eigenvalue weighted by Gasteiger charge is -2.24. The van der Waals surface area contributed by atoms with E-state index in [9.17, 15) is 19.7 Å². The highest BCUT2D eigenvalue weighted by Gasteiger charge is 2.34. The zero-order valence-corrected chi connectivity index (χ0v) is 23.4. The molecule has 1 aromatic heterocycles. The molecule has 0 amide bonds. The molecule has 0 saturated heterocycles. The third kappa shape index (κ3) is 5.03. The molecule has 0 fully saturated rings. The van der Waals surface area contributed by atoms with Crippen molar-refractivity contribution in [3.8, 4) is 18.1 Å². The van der Waals surface area contributed by atoms with E-state index in [1.54, 1.807) is 45.0 Å². The zero-order chi connectivity index (χ0) is 29.3. The van der Waals surface area contributed by atoms with Crippen LogP contribution in [-0.2, 0) is 9.53 Å². The van der Waals surface area contributed by atoms with Crippen LogP contribution < -0.4 is 19.6 Å². The normalized spacial score (nSPS) is 14.8. The summed E-state index contributed by atoms with van der Waals surface area (Å²) >= 11 is 1.15. The second kappa shape index (κ2) is 11.2. The van der Waals surface area contributed by atoms with Crippen LogP contribution in [0.1, 0.15) is 36.6 Å². The van der Waals surface area contributed by atoms with Gasteiger partial charge in [-0.2, -0.15) is 0 Å². The van der Waals surface area contributed by atoms with Crippen LogP contribution in [0.3, 0.4) is 0 Å². The minimum atomic E-state index is -0.976. The van der Waals surface area contributed by atoms with Crippen LogP contribution in [0.15, 0.2) is 75.7 Å². The van der Waals surface area contributed by atoms with Crippen LogP contribution in [-0.4, -0.2) is 28.7 Å². The fourth-order valence-electron chi connectivity index (χ4n) is 4.90. The summed E-state index contributed by atoms with van der Waals surface area (Å²) in [6, 6.07) is 15.1. The number of nitrogens with zero attached hydrogens (tertiary/aromatic N) is 3. The number of carbonyl (C=O) groups excluding carboxylic acids is 1. The number of terminal acetylenes is 1. The van der Waals surface area contributed by atoms with Crippen molar-refractivity contribution in [1.82, 2.24) is 4.57 Å². The van der Waals surface area contributed by atoms with Gasteiger partial charge in [0.25, 0.3) is 11.2 Å². The van der Waals surface area contributed by atoms with Gasteiger partial charge in [-0.05, 0) is 49.2 Å². The Morgan fingerprint density at radius 2 is 2.00 bits per heavy atom. The molecule has 41 heavy (non-hydrogen) atoms. The number of benzene rings is 3. The van der Waals surface area contributed by atoms with Crippen molar-refractivity contribution in [3.63, 3.8) is 0 Å². The van der Waals surface area contributed by atoms with Crippen LogP contribution in [0.5, 0.6) is 5.75 Å². The molecule has 5 rings (SSSR count). The average molecular weight is 568 g/mol. The van der Waals surface area contributed by atoms with Crippen molar-refractivity contribution in [3.05, 3.63) is 112 Å². The van der Waals surface area contributed by atoms with Gasteiger partial charge in [-0.3, -0.25) is 19.5 Å². The molecule has 0 unspecified atom stereocenters. The van der Waals surface area contributed by atoms with Crippen LogP contribution >= 0.6 is 11.3 Å². The number of rotatable bonds is 7. The van der Waals surface area contributed by atoms with E-state index in [0.29, 0.717) is 37.5 Å². The maximum Gasteiger partial charge on any atom is 0.338 e. The summed E-state index contributed by atoms with van der Waals surface area (Å²) in [7, 11) is 0. The predicted octanol–water partition coefficient (Wildman–Crippen LogP) is 4.18. The van der Waals surface area contributed by atoms with Gasteiger partial charge in [-0.25, -0.2) is 9.79 Å². The number of esters is 1. The van der Waals surface area contributed by atoms with E-state index in [0.717, 1.165) is 22.1 Å². The van der Waals surface area contributed by atoms with Crippen molar-refractivity contribution in [2.45, 2.75) is 26.8 Å². The molecular weight excluding hydrogens is 542 g/mol. The number of allylic oxidation sites excluding steroid dienone is 1. The standard InChI is InChI=1S/C31H25N3O6S/c1-5-15-40-25-14-13-20-9-7-8-10-22(20)23(25)17-26-29(35)33-28(21-12-11-18(3)24(16-21)34(37)38)27(30(36)39-6-2)19(4)32-31(33)41-26/h1,7-14,16-17,28H,6,15H2,2-4H3/b26-17+/t28-/m1/s1. The van der Waals surface area contributed by atoms with Crippen molar-refractivity contribution >= 4 is 39.8 Å². The van der Waals surface area contributed by atoms with Crippen molar-refractivity contribution in [2.75, 3.05) is 13.2 Å². The Kier molecular flexibility index (Phi) is 7.55. The van der Waals surface area contributed by atoms with Gasteiger partial charge in [0.05, 0.1) is 33.4 Å². The van der Waals surface area contributed by atoms with Crippen LogP contribution in [0.25, 0.3) is 16.8 Å². The van der Waals surface area contributed by atoms with Gasteiger partial charge in [0, 0.05) is 17.2 Å². The van der Waals surface area contributed by atoms with E-state index in [2.05, 4.69) is 10.9 Å². The largest absolute Gasteiger partial charge is 0.480 e. The summed E-state index contributed by atoms with van der Waals surface area (Å²) < 4.78 is 12.9. The van der Waals surface area contributed by atoms with Crippen molar-refractivity contribution in [2.24, 2.45) is 4.99 Å². The number of ether oxygens (including phenoxy) is 2. The Hall–Kier alpha value is -5.01. The molecule has 0 bridgehead atoms. The predicted molar refractivity (Wildman–Crippen MR) is 157 cm³/mol. The van der Waals surface area contributed by atoms with Gasteiger partial charge in [-0.1, -0.05) is 59.7 Å². The maximum atomic E-state index is 14.1. The quantitative estimate of drug-likeness (QED) is 0.143. The SMILES string of the molecule is C#CCOc1ccc2ccccc2c1/C=c1/sc2n(c1=O)[C@H](c1ccc(C)c([N+](=O)[O-])c1)C(C(=O)OCC)=C(C)N=2. The summed E-state index contributed by atoms with van der Waals surface area (Å²) in [6.07, 6.45) is 7.16. The highest BCUT2D eigenvalue weighted by molar-refractivity contribution is 7.07. The minimum absolute atomic E-state index is 0.0503. The fourth-order valence-corrected chi connectivity index (χ4v) is 5.93. The van der Waals surface area contributed by atoms with E-state index in [4.69, 9.17) is 15.9 Å². The molecular formula is C31H25N3O6S. The first-order valence-corrected chi connectivity index (χ1v) is 13.6. The van der Waals surface area contributed by atoms with E-state index in [1.807, 2.05) is 30.3 Å². The number of aryl methyl sites for hydroxylation is 1. The second-order valence-corrected chi connectivity index (χ2v) is 10.3. The number of nitro benzene ring substituents is 1. The third-order valence-corrected chi connectivity index (χ3v) is 7.76. The molecule has 4 aromatic rings. The molecule has 10 heteroatoms.